The van der Waals surface area contributed by atoms with Gasteiger partial charge in [-0.2, -0.15) is 0 Å². The Morgan fingerprint density at radius 2 is 2.10 bits per heavy atom. The summed E-state index contributed by atoms with van der Waals surface area (Å²) in [5, 5.41) is 19.1. The monoisotopic (exact) mass is 437 g/mol. The molecule has 0 aromatic carbocycles. The van der Waals surface area contributed by atoms with Crippen LogP contribution in [0.3, 0.4) is 0 Å². The van der Waals surface area contributed by atoms with E-state index < -0.39 is 21.5 Å². The van der Waals surface area contributed by atoms with Crippen molar-refractivity contribution in [2.24, 2.45) is 9.50 Å². The summed E-state index contributed by atoms with van der Waals surface area (Å²) in [4.78, 5) is 21.4. The second-order valence-electron chi connectivity index (χ2n) is 8.05. The van der Waals surface area contributed by atoms with Crippen molar-refractivity contribution in [3.05, 3.63) is 33.7 Å². The molecule has 2 aromatic heterocycles. The maximum absolute atomic E-state index is 12.9. The largest absolute Gasteiger partial charge is 0.383 e. The first-order chi connectivity index (χ1) is 13.4. The van der Waals surface area contributed by atoms with Gasteiger partial charge in [0.15, 0.2) is 9.92 Å². The number of rotatable bonds is 4. The lowest BCUT2D eigenvalue weighted by Gasteiger charge is -2.19. The Morgan fingerprint density at radius 3 is 2.69 bits per heavy atom. The fraction of sp³-hybridized carbons (Fsp3) is 0.526. The van der Waals surface area contributed by atoms with Crippen LogP contribution in [-0.4, -0.2) is 25.3 Å². The van der Waals surface area contributed by atoms with Crippen molar-refractivity contribution >= 4 is 33.0 Å². The molecule has 0 fully saturated rings. The van der Waals surface area contributed by atoms with E-state index in [2.05, 4.69) is 14.7 Å². The van der Waals surface area contributed by atoms with Gasteiger partial charge in [0.1, 0.15) is 14.8 Å². The molecule has 158 valence electrons. The first kappa shape index (κ1) is 21.8. The lowest BCUT2D eigenvalue weighted by Crippen LogP contribution is -2.19. The molecule has 4 N–H and O–H groups in total. The molecule has 8 nitrogen and oxygen atoms in total. The van der Waals surface area contributed by atoms with Crippen molar-refractivity contribution in [2.45, 2.75) is 69.6 Å². The second kappa shape index (κ2) is 7.75. The summed E-state index contributed by atoms with van der Waals surface area (Å²) in [5.41, 5.74) is 3.37. The smallest absolute Gasteiger partial charge is 0.354 e. The van der Waals surface area contributed by atoms with Gasteiger partial charge < -0.3 is 10.4 Å². The zero-order chi connectivity index (χ0) is 21.6. The van der Waals surface area contributed by atoms with E-state index in [1.54, 1.807) is 13.8 Å². The van der Waals surface area contributed by atoms with Crippen LogP contribution >= 0.6 is 11.3 Å². The van der Waals surface area contributed by atoms with Crippen LogP contribution in [0.5, 0.6) is 0 Å². The van der Waals surface area contributed by atoms with Crippen molar-refractivity contribution in [2.75, 3.05) is 5.32 Å². The van der Waals surface area contributed by atoms with Gasteiger partial charge in [0.05, 0.1) is 11.9 Å². The molecule has 2 heterocycles. The Balaban J connectivity index is 1.97. The van der Waals surface area contributed by atoms with Crippen molar-refractivity contribution in [1.82, 2.24) is 9.97 Å². The summed E-state index contributed by atoms with van der Waals surface area (Å²) in [6.07, 6.45) is 3.99. The van der Waals surface area contributed by atoms with Crippen LogP contribution in [0.1, 0.15) is 67.6 Å². The molecular weight excluding hydrogens is 410 g/mol. The number of aliphatic hydroxyl groups is 1. The second-order valence-corrected chi connectivity index (χ2v) is 11.1. The van der Waals surface area contributed by atoms with Crippen molar-refractivity contribution < 1.29 is 14.1 Å². The number of fused-ring (bicyclic) bond motifs is 1. The quantitative estimate of drug-likeness (QED) is 0.672. The molecule has 0 saturated heterocycles. The van der Waals surface area contributed by atoms with Gasteiger partial charge in [0, 0.05) is 11.4 Å². The third-order valence-corrected chi connectivity index (χ3v) is 7.97. The Morgan fingerprint density at radius 1 is 1.41 bits per heavy atom. The highest BCUT2D eigenvalue weighted by Crippen LogP contribution is 2.36. The molecule has 0 saturated carbocycles. The number of amides is 2. The summed E-state index contributed by atoms with van der Waals surface area (Å²) < 4.78 is 16.8. The minimum absolute atomic E-state index is 0.144. The Kier molecular flexibility index (Phi) is 5.83. The number of carbonyl (C=O) groups excluding carboxylic acids is 1. The van der Waals surface area contributed by atoms with E-state index in [1.807, 2.05) is 20.8 Å². The van der Waals surface area contributed by atoms with Gasteiger partial charge in [-0.15, -0.1) is 15.7 Å². The predicted octanol–water partition coefficient (Wildman–Crippen LogP) is 3.62. The number of hydrogen-bond donors (Lipinski definition) is 3. The molecule has 0 aliphatic heterocycles. The summed E-state index contributed by atoms with van der Waals surface area (Å²) >= 11 is 0.980. The molecule has 29 heavy (non-hydrogen) atoms. The van der Waals surface area contributed by atoms with Gasteiger partial charge in [0.2, 0.25) is 0 Å². The van der Waals surface area contributed by atoms with E-state index in [-0.39, 0.29) is 10.1 Å². The van der Waals surface area contributed by atoms with E-state index in [4.69, 9.17) is 10.1 Å². The average molecular weight is 438 g/mol. The molecule has 3 rings (SSSR count). The molecule has 1 aliphatic carbocycles. The van der Waals surface area contributed by atoms with Crippen molar-refractivity contribution in [3.63, 3.8) is 0 Å². The number of pyridine rings is 1. The summed E-state index contributed by atoms with van der Waals surface area (Å²) in [7, 11) is -3.48. The predicted molar refractivity (Wildman–Crippen MR) is 114 cm³/mol. The molecule has 1 atom stereocenters. The van der Waals surface area contributed by atoms with E-state index in [0.29, 0.717) is 10.7 Å². The van der Waals surface area contributed by atoms with Crippen LogP contribution in [0.4, 0.5) is 10.5 Å². The van der Waals surface area contributed by atoms with Crippen LogP contribution in [0.15, 0.2) is 14.8 Å². The first-order valence-electron chi connectivity index (χ1n) is 9.47. The van der Waals surface area contributed by atoms with E-state index in [9.17, 15) is 14.1 Å². The number of aryl methyl sites for hydroxylation is 2. The fourth-order valence-corrected chi connectivity index (χ4v) is 5.61. The number of aromatic nitrogens is 2. The van der Waals surface area contributed by atoms with Gasteiger partial charge >= 0.3 is 6.03 Å². The number of nitrogens with one attached hydrogen (secondary N) is 1. The molecule has 0 bridgehead atoms. The summed E-state index contributed by atoms with van der Waals surface area (Å²) in [5.74, 6) is 0.154. The van der Waals surface area contributed by atoms with Crippen molar-refractivity contribution in [1.29, 1.82) is 0 Å². The van der Waals surface area contributed by atoms with Gasteiger partial charge in [0.25, 0.3) is 0 Å². The summed E-state index contributed by atoms with van der Waals surface area (Å²) in [6, 6.07) is -0.766. The summed E-state index contributed by atoms with van der Waals surface area (Å²) in [6.45, 7) is 9.15. The highest BCUT2D eigenvalue weighted by atomic mass is 32.2. The molecule has 0 spiro atoms. The zero-order valence-corrected chi connectivity index (χ0v) is 18.9. The minimum Gasteiger partial charge on any atom is -0.383 e. The van der Waals surface area contributed by atoms with Crippen LogP contribution in [-0.2, 0) is 28.4 Å². The molecule has 0 radical (unpaired) electrons. The highest BCUT2D eigenvalue weighted by molar-refractivity contribution is 7.93. The van der Waals surface area contributed by atoms with E-state index in [1.165, 1.54) is 6.20 Å². The Hall–Kier alpha value is -1.88. The normalized spacial score (nSPS) is 15.9. The SMILES string of the molecule is Cc1nc2c(c(NC(=O)N=[S@](N)(=O)c3cnc(C(C)(C)O)s3)c1C(C)C)CCC2. The average Bonchev–Trinajstić information content (AvgIpc) is 3.22. The van der Waals surface area contributed by atoms with E-state index >= 15 is 0 Å². The Bertz CT molecular complexity index is 1080. The zero-order valence-electron chi connectivity index (χ0n) is 17.3. The number of urea groups is 1. The van der Waals surface area contributed by atoms with Gasteiger partial charge in [-0.05, 0) is 57.1 Å². The number of anilines is 1. The number of hydrogen-bond acceptors (Lipinski definition) is 6. The van der Waals surface area contributed by atoms with Crippen LogP contribution in [0.2, 0.25) is 0 Å². The maximum atomic E-state index is 12.9. The fourth-order valence-electron chi connectivity index (χ4n) is 3.55. The molecule has 0 unspecified atom stereocenters. The van der Waals surface area contributed by atoms with E-state index in [0.717, 1.165) is 53.1 Å². The van der Waals surface area contributed by atoms with Crippen molar-refractivity contribution in [3.8, 4) is 0 Å². The number of carbonyl (C=O) groups is 1. The third kappa shape index (κ3) is 4.50. The van der Waals surface area contributed by atoms with Crippen LogP contribution in [0.25, 0.3) is 0 Å². The first-order valence-corrected chi connectivity index (χ1v) is 11.9. The number of thiazole rings is 1. The topological polar surface area (TPSA) is 131 Å². The minimum atomic E-state index is -3.48. The van der Waals surface area contributed by atoms with Gasteiger partial charge in [-0.25, -0.2) is 19.1 Å². The third-order valence-electron chi connectivity index (χ3n) is 4.78. The standard InChI is InChI=1S/C19H27N5O3S2/c1-10(2)15-11(3)22-13-8-6-7-12(13)16(15)23-18(25)24-29(20,27)14-9-21-17(28-14)19(4,5)26/h9-10,26H,6-8H2,1-5H3,(H3,20,22,23,24,25,27)/t29-/m0/s1. The molecular formula is C19H27N5O3S2. The lowest BCUT2D eigenvalue weighted by molar-refractivity contribution is 0.0783. The molecule has 2 amide bonds. The lowest BCUT2D eigenvalue weighted by atomic mass is 9.96. The van der Waals surface area contributed by atoms with Gasteiger partial charge in [-0.1, -0.05) is 13.8 Å². The van der Waals surface area contributed by atoms with Gasteiger partial charge in [-0.3, -0.25) is 4.98 Å². The Labute approximate surface area is 175 Å². The molecule has 1 aliphatic rings. The van der Waals surface area contributed by atoms with Crippen LogP contribution in [0, 0.1) is 6.92 Å². The number of nitrogens with two attached hydrogens (primary N) is 1. The maximum Gasteiger partial charge on any atom is 0.354 e. The highest BCUT2D eigenvalue weighted by Gasteiger charge is 2.26. The van der Waals surface area contributed by atoms with Crippen LogP contribution < -0.4 is 10.5 Å². The number of nitrogens with zero attached hydrogens (tertiary/aromatic N) is 3. The molecule has 2 aromatic rings. The molecule has 10 heteroatoms.